The van der Waals surface area contributed by atoms with Crippen molar-refractivity contribution in [1.82, 2.24) is 0 Å². The van der Waals surface area contributed by atoms with E-state index in [0.29, 0.717) is 5.92 Å². The van der Waals surface area contributed by atoms with E-state index in [9.17, 15) is 5.11 Å². The maximum absolute atomic E-state index is 9.82. The van der Waals surface area contributed by atoms with Crippen LogP contribution in [0.1, 0.15) is 51.4 Å². The van der Waals surface area contributed by atoms with Crippen LogP contribution >= 0.6 is 0 Å². The van der Waals surface area contributed by atoms with E-state index in [4.69, 9.17) is 5.11 Å². The molecule has 1 aliphatic rings. The molecule has 13 heavy (non-hydrogen) atoms. The number of rotatable bonds is 4. The van der Waals surface area contributed by atoms with Crippen LogP contribution in [-0.2, 0) is 0 Å². The van der Waals surface area contributed by atoms with Crippen molar-refractivity contribution >= 4 is 0 Å². The zero-order valence-corrected chi connectivity index (χ0v) is 8.41. The van der Waals surface area contributed by atoms with Crippen molar-refractivity contribution in [3.05, 3.63) is 0 Å². The van der Waals surface area contributed by atoms with Crippen LogP contribution in [0.3, 0.4) is 0 Å². The van der Waals surface area contributed by atoms with Crippen LogP contribution in [-0.4, -0.2) is 22.9 Å². The zero-order chi connectivity index (χ0) is 9.52. The lowest BCUT2D eigenvalue weighted by atomic mass is 9.91. The van der Waals surface area contributed by atoms with Gasteiger partial charge in [-0.1, -0.05) is 25.7 Å². The molecule has 0 bridgehead atoms. The predicted molar refractivity (Wildman–Crippen MR) is 53.5 cm³/mol. The first-order valence-electron chi connectivity index (χ1n) is 5.63. The molecular weight excluding hydrogens is 164 g/mol. The largest absolute Gasteiger partial charge is 0.396 e. The monoisotopic (exact) mass is 186 g/mol. The summed E-state index contributed by atoms with van der Waals surface area (Å²) in [4.78, 5) is 0. The lowest BCUT2D eigenvalue weighted by Gasteiger charge is -2.20. The molecule has 78 valence electrons. The van der Waals surface area contributed by atoms with Crippen molar-refractivity contribution in [2.75, 3.05) is 6.61 Å². The fourth-order valence-electron chi connectivity index (χ4n) is 2.23. The Hall–Kier alpha value is -0.0800. The molecule has 0 saturated heterocycles. The molecule has 0 aromatic heterocycles. The van der Waals surface area contributed by atoms with Crippen LogP contribution < -0.4 is 0 Å². The fraction of sp³-hybridized carbons (Fsp3) is 1.00. The van der Waals surface area contributed by atoms with Gasteiger partial charge in [-0.3, -0.25) is 0 Å². The van der Waals surface area contributed by atoms with Crippen molar-refractivity contribution in [2.24, 2.45) is 5.92 Å². The molecule has 1 atom stereocenters. The summed E-state index contributed by atoms with van der Waals surface area (Å²) in [6, 6.07) is 0. The molecule has 0 amide bonds. The molecule has 2 nitrogen and oxygen atoms in total. The Labute approximate surface area is 81.0 Å². The number of hydrogen-bond acceptors (Lipinski definition) is 2. The lowest BCUT2D eigenvalue weighted by Crippen LogP contribution is -2.20. The van der Waals surface area contributed by atoms with Gasteiger partial charge in [0, 0.05) is 6.61 Å². The van der Waals surface area contributed by atoms with E-state index >= 15 is 0 Å². The normalized spacial score (nSPS) is 22.6. The quantitative estimate of drug-likeness (QED) is 0.660. The molecule has 1 rings (SSSR count). The van der Waals surface area contributed by atoms with Crippen molar-refractivity contribution < 1.29 is 10.2 Å². The molecule has 0 aliphatic heterocycles. The zero-order valence-electron chi connectivity index (χ0n) is 8.41. The topological polar surface area (TPSA) is 40.5 Å². The number of hydrogen-bond donors (Lipinski definition) is 2. The van der Waals surface area contributed by atoms with Crippen LogP contribution in [0.4, 0.5) is 0 Å². The van der Waals surface area contributed by atoms with Gasteiger partial charge in [-0.2, -0.15) is 0 Å². The summed E-state index contributed by atoms with van der Waals surface area (Å²) in [6.45, 7) is 0.212. The molecule has 2 heteroatoms. The van der Waals surface area contributed by atoms with Crippen LogP contribution in [0.2, 0.25) is 0 Å². The van der Waals surface area contributed by atoms with E-state index in [-0.39, 0.29) is 12.7 Å². The second kappa shape index (κ2) is 6.39. The van der Waals surface area contributed by atoms with Gasteiger partial charge in [-0.15, -0.1) is 0 Å². The molecule has 1 fully saturated rings. The average Bonchev–Trinajstić information content (AvgIpc) is 2.42. The van der Waals surface area contributed by atoms with Crippen molar-refractivity contribution in [3.63, 3.8) is 0 Å². The van der Waals surface area contributed by atoms with Gasteiger partial charge in [0.1, 0.15) is 0 Å². The first kappa shape index (κ1) is 11.0. The molecule has 2 N–H and O–H groups in total. The standard InChI is InChI=1S/C11H22O2/c12-9-5-8-11(13)10-6-3-1-2-4-7-10/h10-13H,1-9H2. The summed E-state index contributed by atoms with van der Waals surface area (Å²) in [7, 11) is 0. The Bertz CT molecular complexity index is 117. The second-order valence-corrected chi connectivity index (χ2v) is 4.18. The van der Waals surface area contributed by atoms with E-state index in [1.807, 2.05) is 0 Å². The van der Waals surface area contributed by atoms with Gasteiger partial charge in [0.25, 0.3) is 0 Å². The molecule has 0 spiro atoms. The van der Waals surface area contributed by atoms with E-state index in [1.165, 1.54) is 38.5 Å². The molecule has 0 aromatic carbocycles. The Morgan fingerprint density at radius 3 is 2.23 bits per heavy atom. The molecule has 1 saturated carbocycles. The number of aliphatic hydroxyl groups is 2. The smallest absolute Gasteiger partial charge is 0.0569 e. The Kier molecular flexibility index (Phi) is 5.40. The van der Waals surface area contributed by atoms with Gasteiger partial charge in [-0.25, -0.2) is 0 Å². The predicted octanol–water partition coefficient (Wildman–Crippen LogP) is 2.09. The van der Waals surface area contributed by atoms with E-state index in [0.717, 1.165) is 12.8 Å². The lowest BCUT2D eigenvalue weighted by molar-refractivity contribution is 0.0823. The molecule has 1 unspecified atom stereocenters. The summed E-state index contributed by atoms with van der Waals surface area (Å²) in [5.41, 5.74) is 0. The van der Waals surface area contributed by atoms with Gasteiger partial charge in [0.15, 0.2) is 0 Å². The van der Waals surface area contributed by atoms with E-state index < -0.39 is 0 Å². The molecule has 0 radical (unpaired) electrons. The highest BCUT2D eigenvalue weighted by Crippen LogP contribution is 2.27. The van der Waals surface area contributed by atoms with Gasteiger partial charge in [-0.05, 0) is 31.6 Å². The van der Waals surface area contributed by atoms with E-state index in [2.05, 4.69) is 0 Å². The highest BCUT2D eigenvalue weighted by Gasteiger charge is 2.19. The Morgan fingerprint density at radius 2 is 1.69 bits per heavy atom. The third kappa shape index (κ3) is 4.10. The van der Waals surface area contributed by atoms with Crippen molar-refractivity contribution in [3.8, 4) is 0 Å². The highest BCUT2D eigenvalue weighted by atomic mass is 16.3. The average molecular weight is 186 g/mol. The molecule has 0 heterocycles. The maximum atomic E-state index is 9.82. The minimum absolute atomic E-state index is 0.162. The summed E-state index contributed by atoms with van der Waals surface area (Å²) in [6.07, 6.45) is 8.97. The van der Waals surface area contributed by atoms with Crippen molar-refractivity contribution in [1.29, 1.82) is 0 Å². The minimum Gasteiger partial charge on any atom is -0.396 e. The fourth-order valence-corrected chi connectivity index (χ4v) is 2.23. The number of aliphatic hydroxyl groups excluding tert-OH is 2. The second-order valence-electron chi connectivity index (χ2n) is 4.18. The third-order valence-electron chi connectivity index (χ3n) is 3.10. The van der Waals surface area contributed by atoms with Crippen LogP contribution in [0.5, 0.6) is 0 Å². The van der Waals surface area contributed by atoms with Crippen LogP contribution in [0.15, 0.2) is 0 Å². The summed E-state index contributed by atoms with van der Waals surface area (Å²) in [5.74, 6) is 0.508. The molecule has 1 aliphatic carbocycles. The maximum Gasteiger partial charge on any atom is 0.0569 e. The highest BCUT2D eigenvalue weighted by molar-refractivity contribution is 4.71. The van der Waals surface area contributed by atoms with E-state index in [1.54, 1.807) is 0 Å². The molecule has 0 aromatic rings. The Balaban J connectivity index is 2.22. The van der Waals surface area contributed by atoms with Crippen LogP contribution in [0, 0.1) is 5.92 Å². The first-order chi connectivity index (χ1) is 6.34. The van der Waals surface area contributed by atoms with Gasteiger partial charge >= 0.3 is 0 Å². The summed E-state index contributed by atoms with van der Waals surface area (Å²) < 4.78 is 0. The van der Waals surface area contributed by atoms with Gasteiger partial charge in [0.2, 0.25) is 0 Å². The van der Waals surface area contributed by atoms with Crippen LogP contribution in [0.25, 0.3) is 0 Å². The Morgan fingerprint density at radius 1 is 1.08 bits per heavy atom. The summed E-state index contributed by atoms with van der Waals surface area (Å²) >= 11 is 0. The molecular formula is C11H22O2. The summed E-state index contributed by atoms with van der Waals surface area (Å²) in [5, 5.41) is 18.5. The SMILES string of the molecule is OCCCC(O)C1CCCCCC1. The minimum atomic E-state index is -0.162. The van der Waals surface area contributed by atoms with Crippen molar-refractivity contribution in [2.45, 2.75) is 57.5 Å². The third-order valence-corrected chi connectivity index (χ3v) is 3.10. The van der Waals surface area contributed by atoms with Gasteiger partial charge < -0.3 is 10.2 Å². The first-order valence-corrected chi connectivity index (χ1v) is 5.63. The van der Waals surface area contributed by atoms with Gasteiger partial charge in [0.05, 0.1) is 6.10 Å².